The Morgan fingerprint density at radius 3 is 2.56 bits per heavy atom. The summed E-state index contributed by atoms with van der Waals surface area (Å²) in [6.07, 6.45) is -1.83. The van der Waals surface area contributed by atoms with Gasteiger partial charge in [-0.2, -0.15) is 18.3 Å². The largest absolute Gasteiger partial charge is 0.416 e. The molecule has 2 aromatic carbocycles. The third-order valence-electron chi connectivity index (χ3n) is 6.40. The van der Waals surface area contributed by atoms with Crippen LogP contribution in [0.5, 0.6) is 0 Å². The molecule has 2 aromatic heterocycles. The minimum atomic E-state index is -4.47. The van der Waals surface area contributed by atoms with Crippen LogP contribution in [0.25, 0.3) is 16.7 Å². The van der Waals surface area contributed by atoms with Gasteiger partial charge in [0.2, 0.25) is 0 Å². The van der Waals surface area contributed by atoms with Gasteiger partial charge < -0.3 is 9.88 Å². The van der Waals surface area contributed by atoms with Crippen molar-refractivity contribution >= 4 is 16.9 Å². The van der Waals surface area contributed by atoms with Gasteiger partial charge in [-0.15, -0.1) is 0 Å². The number of nitrogens with zero attached hydrogens (tertiary/aromatic N) is 4. The Kier molecular flexibility index (Phi) is 5.30. The molecular weight excluding hydrogens is 447 g/mol. The first-order valence-corrected chi connectivity index (χ1v) is 10.9. The molecule has 176 valence electrons. The van der Waals surface area contributed by atoms with E-state index in [1.165, 1.54) is 23.0 Å². The highest BCUT2D eigenvalue weighted by atomic mass is 19.4. The molecule has 1 aliphatic rings. The molecule has 1 aliphatic heterocycles. The first-order chi connectivity index (χ1) is 16.2. The van der Waals surface area contributed by atoms with Gasteiger partial charge in [0.05, 0.1) is 39.7 Å². The molecule has 3 heterocycles. The van der Waals surface area contributed by atoms with Crippen molar-refractivity contribution < 1.29 is 18.0 Å². The highest BCUT2D eigenvalue weighted by Crippen LogP contribution is 2.31. The maximum Gasteiger partial charge on any atom is 0.416 e. The van der Waals surface area contributed by atoms with E-state index in [0.717, 1.165) is 23.2 Å². The van der Waals surface area contributed by atoms with Crippen molar-refractivity contribution in [3.05, 3.63) is 82.0 Å². The number of aromatic amines is 1. The van der Waals surface area contributed by atoms with Gasteiger partial charge in [-0.1, -0.05) is 18.2 Å². The molecule has 1 N–H and O–H groups in total. The number of aromatic nitrogens is 4. The lowest BCUT2D eigenvalue weighted by molar-refractivity contribution is -0.137. The van der Waals surface area contributed by atoms with Crippen LogP contribution in [-0.2, 0) is 6.18 Å². The summed E-state index contributed by atoms with van der Waals surface area (Å²) < 4.78 is 42.4. The van der Waals surface area contributed by atoms with Gasteiger partial charge in [-0.25, -0.2) is 9.48 Å². The van der Waals surface area contributed by atoms with Crippen molar-refractivity contribution in [1.29, 1.82) is 0 Å². The van der Waals surface area contributed by atoms with Crippen LogP contribution in [0.15, 0.2) is 59.5 Å². The van der Waals surface area contributed by atoms with Crippen LogP contribution >= 0.6 is 0 Å². The number of hydrogen-bond acceptors (Lipinski definition) is 3. The van der Waals surface area contributed by atoms with Crippen molar-refractivity contribution in [2.45, 2.75) is 32.0 Å². The van der Waals surface area contributed by atoms with E-state index in [1.807, 2.05) is 24.3 Å². The van der Waals surface area contributed by atoms with Crippen molar-refractivity contribution in [1.82, 2.24) is 24.2 Å². The van der Waals surface area contributed by atoms with Crippen molar-refractivity contribution in [2.24, 2.45) is 0 Å². The van der Waals surface area contributed by atoms with E-state index < -0.39 is 11.7 Å². The van der Waals surface area contributed by atoms with Crippen LogP contribution in [0.2, 0.25) is 0 Å². The normalized spacial score (nSPS) is 15.2. The lowest BCUT2D eigenvalue weighted by Crippen LogP contribution is -2.40. The molecule has 0 atom stereocenters. The Bertz CT molecular complexity index is 1420. The Balaban J connectivity index is 1.34. The lowest BCUT2D eigenvalue weighted by atomic mass is 10.0. The van der Waals surface area contributed by atoms with E-state index in [-0.39, 0.29) is 23.3 Å². The van der Waals surface area contributed by atoms with Crippen LogP contribution in [-0.4, -0.2) is 43.2 Å². The molecular formula is C24H22F3N5O2. The molecule has 0 spiro atoms. The molecule has 0 aliphatic carbocycles. The Morgan fingerprint density at radius 1 is 1.09 bits per heavy atom. The number of amides is 1. The standard InChI is InChI=1S/C24H22F3N5O2/c1-15-19(14-28-32(15)18-6-4-5-16(13-18)24(25,26)27)22(33)30-11-9-17(10-12-30)31-21-8-3-2-7-20(21)29-23(31)34/h2-8,13-14,17H,9-12H2,1H3,(H,29,34). The van der Waals surface area contributed by atoms with Gasteiger partial charge in [-0.05, 0) is 50.1 Å². The fourth-order valence-electron chi connectivity index (χ4n) is 4.63. The van der Waals surface area contributed by atoms with E-state index in [4.69, 9.17) is 0 Å². The molecule has 0 radical (unpaired) electrons. The Morgan fingerprint density at radius 2 is 1.82 bits per heavy atom. The number of halogens is 3. The third-order valence-corrected chi connectivity index (χ3v) is 6.40. The molecule has 4 aromatic rings. The number of imidazole rings is 1. The fraction of sp³-hybridized carbons (Fsp3) is 0.292. The smallest absolute Gasteiger partial charge is 0.338 e. The molecule has 1 amide bonds. The van der Waals surface area contributed by atoms with Gasteiger partial charge in [0.1, 0.15) is 0 Å². The van der Waals surface area contributed by atoms with Crippen LogP contribution in [0.1, 0.15) is 40.5 Å². The van der Waals surface area contributed by atoms with Gasteiger partial charge in [0, 0.05) is 19.1 Å². The zero-order chi connectivity index (χ0) is 24.0. The summed E-state index contributed by atoms with van der Waals surface area (Å²) >= 11 is 0. The minimum absolute atomic E-state index is 0.0263. The molecule has 0 saturated carbocycles. The van der Waals surface area contributed by atoms with E-state index in [1.54, 1.807) is 16.4 Å². The molecule has 10 heteroatoms. The summed E-state index contributed by atoms with van der Waals surface area (Å²) in [6, 6.07) is 12.3. The second-order valence-electron chi connectivity index (χ2n) is 8.44. The first-order valence-electron chi connectivity index (χ1n) is 10.9. The van der Waals surface area contributed by atoms with Crippen LogP contribution < -0.4 is 5.69 Å². The van der Waals surface area contributed by atoms with E-state index in [0.29, 0.717) is 37.2 Å². The van der Waals surface area contributed by atoms with Gasteiger partial charge >= 0.3 is 11.9 Å². The fourth-order valence-corrected chi connectivity index (χ4v) is 4.63. The quantitative estimate of drug-likeness (QED) is 0.486. The zero-order valence-electron chi connectivity index (χ0n) is 18.3. The maximum absolute atomic E-state index is 13.2. The first kappa shape index (κ1) is 22.0. The maximum atomic E-state index is 13.2. The number of likely N-dealkylation sites (tertiary alicyclic amines) is 1. The van der Waals surface area contributed by atoms with Crippen molar-refractivity contribution in [3.63, 3.8) is 0 Å². The predicted molar refractivity (Wildman–Crippen MR) is 120 cm³/mol. The summed E-state index contributed by atoms with van der Waals surface area (Å²) in [5, 5.41) is 4.18. The second kappa shape index (κ2) is 8.19. The number of H-pyrrole nitrogens is 1. The SMILES string of the molecule is Cc1c(C(=O)N2CCC(n3c(=O)[nH]c4ccccc43)CC2)cnn1-c1cccc(C(F)(F)F)c1. The molecule has 7 nitrogen and oxygen atoms in total. The number of rotatable bonds is 3. The summed E-state index contributed by atoms with van der Waals surface area (Å²) in [6.45, 7) is 2.59. The molecule has 34 heavy (non-hydrogen) atoms. The number of alkyl halides is 3. The van der Waals surface area contributed by atoms with Crippen molar-refractivity contribution in [3.8, 4) is 5.69 Å². The monoisotopic (exact) mass is 469 g/mol. The number of carbonyl (C=O) groups excluding carboxylic acids is 1. The number of fused-ring (bicyclic) bond motifs is 1. The molecule has 0 bridgehead atoms. The Hall–Kier alpha value is -3.82. The van der Waals surface area contributed by atoms with Crippen LogP contribution in [0, 0.1) is 6.92 Å². The summed E-state index contributed by atoms with van der Waals surface area (Å²) in [5.74, 6) is -0.222. The average molecular weight is 469 g/mol. The average Bonchev–Trinajstić information content (AvgIpc) is 3.37. The second-order valence-corrected chi connectivity index (χ2v) is 8.44. The van der Waals surface area contributed by atoms with E-state index in [9.17, 15) is 22.8 Å². The van der Waals surface area contributed by atoms with Crippen LogP contribution in [0.3, 0.4) is 0 Å². The molecule has 5 rings (SSSR count). The van der Waals surface area contributed by atoms with Gasteiger partial charge in [0.15, 0.2) is 0 Å². The van der Waals surface area contributed by atoms with Crippen LogP contribution in [0.4, 0.5) is 13.2 Å². The number of hydrogen-bond donors (Lipinski definition) is 1. The summed E-state index contributed by atoms with van der Waals surface area (Å²) in [7, 11) is 0. The predicted octanol–water partition coefficient (Wildman–Crippen LogP) is 4.32. The highest BCUT2D eigenvalue weighted by molar-refractivity contribution is 5.95. The molecule has 1 saturated heterocycles. The topological polar surface area (TPSA) is 75.9 Å². The number of benzene rings is 2. The summed E-state index contributed by atoms with van der Waals surface area (Å²) in [4.78, 5) is 30.2. The van der Waals surface area contributed by atoms with E-state index in [2.05, 4.69) is 10.1 Å². The number of nitrogens with one attached hydrogen (secondary N) is 1. The third kappa shape index (κ3) is 3.78. The Labute approximate surface area is 192 Å². The molecule has 1 fully saturated rings. The van der Waals surface area contributed by atoms with Gasteiger partial charge in [-0.3, -0.25) is 9.36 Å². The number of para-hydroxylation sites is 2. The van der Waals surface area contributed by atoms with E-state index >= 15 is 0 Å². The zero-order valence-corrected chi connectivity index (χ0v) is 18.3. The number of carbonyl (C=O) groups is 1. The van der Waals surface area contributed by atoms with Crippen molar-refractivity contribution in [2.75, 3.05) is 13.1 Å². The minimum Gasteiger partial charge on any atom is -0.338 e. The van der Waals surface area contributed by atoms with Gasteiger partial charge in [0.25, 0.3) is 5.91 Å². The summed E-state index contributed by atoms with van der Waals surface area (Å²) in [5.41, 5.74) is 1.74. The lowest BCUT2D eigenvalue weighted by Gasteiger charge is -2.32. The highest BCUT2D eigenvalue weighted by Gasteiger charge is 2.31. The number of piperidine rings is 1. The molecule has 0 unspecified atom stereocenters.